The van der Waals surface area contributed by atoms with Crippen LogP contribution in [0.5, 0.6) is 0 Å². The van der Waals surface area contributed by atoms with E-state index in [9.17, 15) is 4.79 Å². The van der Waals surface area contributed by atoms with Crippen molar-refractivity contribution in [3.05, 3.63) is 48.2 Å². The Labute approximate surface area is 101 Å². The second kappa shape index (κ2) is 6.23. The lowest BCUT2D eigenvalue weighted by atomic mass is 9.98. The zero-order valence-corrected chi connectivity index (χ0v) is 10.1. The first-order valence-corrected chi connectivity index (χ1v) is 5.67. The van der Waals surface area contributed by atoms with Crippen molar-refractivity contribution >= 4 is 22.6 Å². The van der Waals surface area contributed by atoms with E-state index in [0.717, 1.165) is 5.71 Å². The van der Waals surface area contributed by atoms with Gasteiger partial charge in [0.25, 0.3) is 5.24 Å². The molecular weight excluding hydrogens is 222 g/mol. The number of halogens is 1. The van der Waals surface area contributed by atoms with Crippen LogP contribution < -0.4 is 0 Å². The minimum absolute atomic E-state index is 0.157. The Hall–Kier alpha value is -1.41. The normalized spacial score (nSPS) is 21.1. The van der Waals surface area contributed by atoms with Gasteiger partial charge in [-0.15, -0.1) is 0 Å². The zero-order valence-electron chi connectivity index (χ0n) is 9.35. The van der Waals surface area contributed by atoms with E-state index in [0.29, 0.717) is 5.70 Å². The Kier molecular flexibility index (Phi) is 4.93. The van der Waals surface area contributed by atoms with Crippen molar-refractivity contribution in [2.24, 2.45) is 10.9 Å². The molecular formula is C13H14ClNO. The Morgan fingerprint density at radius 1 is 1.25 bits per heavy atom. The molecule has 84 valence electrons. The zero-order chi connectivity index (χ0) is 12.0. The van der Waals surface area contributed by atoms with Gasteiger partial charge in [-0.2, -0.15) is 0 Å². The maximum absolute atomic E-state index is 10.9. The lowest BCUT2D eigenvalue weighted by Crippen LogP contribution is -2.09. The van der Waals surface area contributed by atoms with Gasteiger partial charge in [-0.05, 0) is 23.8 Å². The number of aliphatic imine (C=N–C) groups is 1. The van der Waals surface area contributed by atoms with Gasteiger partial charge in [-0.3, -0.25) is 4.79 Å². The van der Waals surface area contributed by atoms with Gasteiger partial charge in [0.15, 0.2) is 0 Å². The van der Waals surface area contributed by atoms with Crippen LogP contribution in [0.3, 0.4) is 0 Å². The van der Waals surface area contributed by atoms with E-state index in [-0.39, 0.29) is 5.92 Å². The predicted octanol–water partition coefficient (Wildman–Crippen LogP) is 3.41. The number of carbonyl (C=O) groups excluding carboxylic acids is 1. The minimum atomic E-state index is -0.522. The predicted molar refractivity (Wildman–Crippen MR) is 68.6 cm³/mol. The van der Waals surface area contributed by atoms with Crippen molar-refractivity contribution in [1.82, 2.24) is 0 Å². The molecule has 0 saturated carbocycles. The second-order valence-electron chi connectivity index (χ2n) is 3.02. The molecule has 2 nitrogen and oxygen atoms in total. The highest BCUT2D eigenvalue weighted by molar-refractivity contribution is 6.67. The average molecular weight is 236 g/mol. The first-order valence-electron chi connectivity index (χ1n) is 5.29. The summed E-state index contributed by atoms with van der Waals surface area (Å²) in [6.07, 6.45) is 13.2. The van der Waals surface area contributed by atoms with Crippen LogP contribution in [0.1, 0.15) is 13.8 Å². The second-order valence-corrected chi connectivity index (χ2v) is 3.36. The van der Waals surface area contributed by atoms with Crippen LogP contribution in [-0.2, 0) is 4.79 Å². The molecule has 0 aromatic heterocycles. The van der Waals surface area contributed by atoms with Crippen molar-refractivity contribution in [2.45, 2.75) is 13.8 Å². The minimum Gasteiger partial charge on any atom is -0.274 e. The van der Waals surface area contributed by atoms with Crippen LogP contribution in [0.4, 0.5) is 0 Å². The highest BCUT2D eigenvalue weighted by atomic mass is 35.5. The van der Waals surface area contributed by atoms with Crippen LogP contribution in [0.25, 0.3) is 0 Å². The SMILES string of the molecule is CC.O=C(Cl)C1=CC=CC2C=CC=CC2=N1. The molecule has 0 saturated heterocycles. The van der Waals surface area contributed by atoms with Gasteiger partial charge in [-0.25, -0.2) is 4.99 Å². The Balaban J connectivity index is 0.000000606. The fraction of sp³-hybridized carbons (Fsp3) is 0.231. The van der Waals surface area contributed by atoms with Crippen molar-refractivity contribution in [3.63, 3.8) is 0 Å². The first kappa shape index (κ1) is 12.7. The third-order valence-corrected chi connectivity index (χ3v) is 2.26. The summed E-state index contributed by atoms with van der Waals surface area (Å²) < 4.78 is 0. The lowest BCUT2D eigenvalue weighted by Gasteiger charge is -2.09. The molecule has 1 heterocycles. The standard InChI is InChI=1S/C11H8ClNO.C2H6/c12-11(14)10-7-3-5-8-4-1-2-6-9(8)13-10;1-2/h1-8H;1-2H3. The summed E-state index contributed by atoms with van der Waals surface area (Å²) >= 11 is 5.37. The van der Waals surface area contributed by atoms with Crippen molar-refractivity contribution < 1.29 is 4.79 Å². The molecule has 16 heavy (non-hydrogen) atoms. The molecule has 1 atom stereocenters. The highest BCUT2D eigenvalue weighted by Gasteiger charge is 2.14. The Morgan fingerprint density at radius 3 is 2.62 bits per heavy atom. The third-order valence-electron chi connectivity index (χ3n) is 2.06. The Morgan fingerprint density at radius 2 is 1.94 bits per heavy atom. The lowest BCUT2D eigenvalue weighted by molar-refractivity contribution is -0.108. The monoisotopic (exact) mass is 235 g/mol. The smallest absolute Gasteiger partial charge is 0.270 e. The molecule has 0 amide bonds. The number of rotatable bonds is 1. The molecule has 0 bridgehead atoms. The molecule has 0 aromatic rings. The quantitative estimate of drug-likeness (QED) is 0.641. The van der Waals surface area contributed by atoms with Crippen LogP contribution in [0, 0.1) is 5.92 Å². The van der Waals surface area contributed by atoms with Crippen molar-refractivity contribution in [3.8, 4) is 0 Å². The van der Waals surface area contributed by atoms with Crippen molar-refractivity contribution in [2.75, 3.05) is 0 Å². The Bertz CT molecular complexity index is 414. The van der Waals surface area contributed by atoms with Gasteiger partial charge in [0.05, 0.1) is 5.71 Å². The average Bonchev–Trinajstić information content (AvgIpc) is 2.53. The van der Waals surface area contributed by atoms with Gasteiger partial charge in [0.2, 0.25) is 0 Å². The van der Waals surface area contributed by atoms with Gasteiger partial charge < -0.3 is 0 Å². The third kappa shape index (κ3) is 3.04. The molecule has 0 aromatic carbocycles. The molecule has 1 aliphatic heterocycles. The van der Waals surface area contributed by atoms with Crippen LogP contribution in [0.15, 0.2) is 53.2 Å². The number of nitrogens with zero attached hydrogens (tertiary/aromatic N) is 1. The molecule has 0 spiro atoms. The van der Waals surface area contributed by atoms with Gasteiger partial charge in [-0.1, -0.05) is 44.2 Å². The first-order chi connectivity index (χ1) is 7.77. The molecule has 0 N–H and O–H groups in total. The van der Waals surface area contributed by atoms with Crippen LogP contribution in [0.2, 0.25) is 0 Å². The largest absolute Gasteiger partial charge is 0.274 e. The summed E-state index contributed by atoms with van der Waals surface area (Å²) in [6, 6.07) is 0. The molecule has 3 heteroatoms. The maximum Gasteiger partial charge on any atom is 0.270 e. The summed E-state index contributed by atoms with van der Waals surface area (Å²) in [5.41, 5.74) is 1.14. The molecule has 2 rings (SSSR count). The van der Waals surface area contributed by atoms with Crippen LogP contribution in [-0.4, -0.2) is 11.0 Å². The van der Waals surface area contributed by atoms with Crippen LogP contribution >= 0.6 is 11.6 Å². The van der Waals surface area contributed by atoms with E-state index < -0.39 is 5.24 Å². The summed E-state index contributed by atoms with van der Waals surface area (Å²) in [5.74, 6) is 0.157. The highest BCUT2D eigenvalue weighted by Crippen LogP contribution is 2.17. The molecule has 0 fully saturated rings. The fourth-order valence-corrected chi connectivity index (χ4v) is 1.48. The molecule has 1 aliphatic carbocycles. The van der Waals surface area contributed by atoms with Gasteiger partial charge in [0, 0.05) is 5.92 Å². The van der Waals surface area contributed by atoms with E-state index >= 15 is 0 Å². The summed E-state index contributed by atoms with van der Waals surface area (Å²) in [6.45, 7) is 4.00. The number of hydrogen-bond acceptors (Lipinski definition) is 2. The van der Waals surface area contributed by atoms with E-state index in [1.54, 1.807) is 12.2 Å². The summed E-state index contributed by atoms with van der Waals surface area (Å²) in [7, 11) is 0. The number of hydrogen-bond donors (Lipinski definition) is 0. The topological polar surface area (TPSA) is 29.4 Å². The molecule has 0 radical (unpaired) electrons. The van der Waals surface area contributed by atoms with Gasteiger partial charge in [0.1, 0.15) is 5.70 Å². The fourth-order valence-electron chi connectivity index (χ4n) is 1.37. The number of allylic oxidation sites excluding steroid dienone is 8. The van der Waals surface area contributed by atoms with E-state index in [4.69, 9.17) is 11.6 Å². The summed E-state index contributed by atoms with van der Waals surface area (Å²) in [4.78, 5) is 15.1. The molecule has 1 unspecified atom stereocenters. The van der Waals surface area contributed by atoms with E-state index in [1.807, 2.05) is 44.2 Å². The van der Waals surface area contributed by atoms with Crippen molar-refractivity contribution in [1.29, 1.82) is 0 Å². The number of fused-ring (bicyclic) bond motifs is 1. The summed E-state index contributed by atoms with van der Waals surface area (Å²) in [5, 5.41) is -0.522. The molecule has 2 aliphatic rings. The van der Waals surface area contributed by atoms with E-state index in [2.05, 4.69) is 4.99 Å². The number of carbonyl (C=O) groups is 1. The maximum atomic E-state index is 10.9. The van der Waals surface area contributed by atoms with E-state index in [1.165, 1.54) is 0 Å². The van der Waals surface area contributed by atoms with Gasteiger partial charge >= 0.3 is 0 Å².